The molecule has 0 saturated carbocycles. The molecule has 0 saturated heterocycles. The van der Waals surface area contributed by atoms with Crippen LogP contribution in [-0.4, -0.2) is 27.1 Å². The van der Waals surface area contributed by atoms with E-state index in [9.17, 15) is 14.4 Å². The van der Waals surface area contributed by atoms with Crippen molar-refractivity contribution < 1.29 is 9.53 Å². The standard InChI is InChI=1S/C23H19ClN4O4/c1-32-19-7-3-2-5-17(19)26-20(29)14-27-18-6-4-12-25-21(18)22(30)28(23(27)31)13-15-8-10-16(24)11-9-15/h2-12H,13-14H2,1H3,(H,26,29). The number of nitrogens with one attached hydrogen (secondary N) is 1. The molecule has 0 aliphatic rings. The molecule has 2 aromatic carbocycles. The fraction of sp³-hybridized carbons (Fsp3) is 0.130. The highest BCUT2D eigenvalue weighted by Gasteiger charge is 2.17. The summed E-state index contributed by atoms with van der Waals surface area (Å²) in [5.41, 5.74) is 0.442. The molecule has 0 radical (unpaired) electrons. The highest BCUT2D eigenvalue weighted by molar-refractivity contribution is 6.30. The first-order valence-electron chi connectivity index (χ1n) is 9.73. The summed E-state index contributed by atoms with van der Waals surface area (Å²) in [5.74, 6) is 0.0471. The molecule has 0 aliphatic carbocycles. The number of fused-ring (bicyclic) bond motifs is 1. The van der Waals surface area contributed by atoms with Crippen molar-refractivity contribution in [2.75, 3.05) is 12.4 Å². The number of benzene rings is 2. The normalized spacial score (nSPS) is 10.8. The number of hydrogen-bond donors (Lipinski definition) is 1. The Hall–Kier alpha value is -3.91. The van der Waals surface area contributed by atoms with Crippen LogP contribution in [0.15, 0.2) is 76.4 Å². The Morgan fingerprint density at radius 2 is 1.78 bits per heavy atom. The quantitative estimate of drug-likeness (QED) is 0.487. The lowest BCUT2D eigenvalue weighted by molar-refractivity contribution is -0.116. The summed E-state index contributed by atoms with van der Waals surface area (Å²) in [6, 6.07) is 17.0. The summed E-state index contributed by atoms with van der Waals surface area (Å²) < 4.78 is 7.56. The van der Waals surface area contributed by atoms with E-state index in [0.717, 1.165) is 4.57 Å². The van der Waals surface area contributed by atoms with Crippen LogP contribution in [0.1, 0.15) is 5.56 Å². The number of aromatic nitrogens is 3. The van der Waals surface area contributed by atoms with Gasteiger partial charge in [0.2, 0.25) is 5.91 Å². The second-order valence-electron chi connectivity index (χ2n) is 7.01. The van der Waals surface area contributed by atoms with Crippen LogP contribution in [0, 0.1) is 0 Å². The van der Waals surface area contributed by atoms with Gasteiger partial charge in [-0.3, -0.25) is 18.7 Å². The second kappa shape index (κ2) is 9.07. The van der Waals surface area contributed by atoms with Gasteiger partial charge in [0.1, 0.15) is 12.3 Å². The van der Waals surface area contributed by atoms with E-state index < -0.39 is 17.2 Å². The third kappa shape index (κ3) is 4.26. The molecule has 0 bridgehead atoms. The van der Waals surface area contributed by atoms with E-state index in [1.54, 1.807) is 60.7 Å². The topological polar surface area (TPSA) is 95.2 Å². The van der Waals surface area contributed by atoms with E-state index in [1.807, 2.05) is 0 Å². The second-order valence-corrected chi connectivity index (χ2v) is 7.44. The minimum absolute atomic E-state index is 0.0233. The molecule has 2 heterocycles. The molecule has 4 rings (SSSR count). The number of nitrogens with zero attached hydrogens (tertiary/aromatic N) is 3. The van der Waals surface area contributed by atoms with Gasteiger partial charge < -0.3 is 10.1 Å². The number of amides is 1. The molecule has 0 fully saturated rings. The molecule has 9 heteroatoms. The zero-order valence-electron chi connectivity index (χ0n) is 17.1. The van der Waals surface area contributed by atoms with Gasteiger partial charge >= 0.3 is 5.69 Å². The van der Waals surface area contributed by atoms with Crippen LogP contribution < -0.4 is 21.3 Å². The van der Waals surface area contributed by atoms with Crippen LogP contribution in [0.25, 0.3) is 11.0 Å². The maximum atomic E-state index is 13.3. The summed E-state index contributed by atoms with van der Waals surface area (Å²) in [5, 5.41) is 3.29. The van der Waals surface area contributed by atoms with Crippen LogP contribution in [0.4, 0.5) is 5.69 Å². The molecular weight excluding hydrogens is 432 g/mol. The first-order valence-corrected chi connectivity index (χ1v) is 10.1. The largest absolute Gasteiger partial charge is 0.495 e. The van der Waals surface area contributed by atoms with Crippen molar-refractivity contribution in [1.82, 2.24) is 14.1 Å². The lowest BCUT2D eigenvalue weighted by atomic mass is 10.2. The predicted octanol–water partition coefficient (Wildman–Crippen LogP) is 2.91. The molecule has 4 aromatic rings. The van der Waals surface area contributed by atoms with E-state index in [1.165, 1.54) is 17.9 Å². The molecule has 0 aliphatic heterocycles. The lowest BCUT2D eigenvalue weighted by Gasteiger charge is -2.14. The molecule has 1 N–H and O–H groups in total. The van der Waals surface area contributed by atoms with Gasteiger partial charge in [-0.05, 0) is 42.0 Å². The Bertz CT molecular complexity index is 1410. The zero-order valence-corrected chi connectivity index (χ0v) is 17.9. The van der Waals surface area contributed by atoms with E-state index in [2.05, 4.69) is 10.3 Å². The number of pyridine rings is 1. The highest BCUT2D eigenvalue weighted by atomic mass is 35.5. The first-order chi connectivity index (χ1) is 15.5. The Labute approximate surface area is 187 Å². The number of ether oxygens (including phenoxy) is 1. The van der Waals surface area contributed by atoms with Crippen molar-refractivity contribution in [3.8, 4) is 5.75 Å². The molecule has 162 valence electrons. The number of carbonyl (C=O) groups excluding carboxylic acids is 1. The van der Waals surface area contributed by atoms with Crippen molar-refractivity contribution in [1.29, 1.82) is 0 Å². The minimum Gasteiger partial charge on any atom is -0.495 e. The van der Waals surface area contributed by atoms with E-state index >= 15 is 0 Å². The maximum Gasteiger partial charge on any atom is 0.332 e. The first kappa shape index (κ1) is 21.3. The summed E-state index contributed by atoms with van der Waals surface area (Å²) in [7, 11) is 1.50. The van der Waals surface area contributed by atoms with E-state index in [4.69, 9.17) is 16.3 Å². The molecule has 2 aromatic heterocycles. The Morgan fingerprint density at radius 3 is 2.53 bits per heavy atom. The van der Waals surface area contributed by atoms with E-state index in [-0.39, 0.29) is 24.1 Å². The summed E-state index contributed by atoms with van der Waals surface area (Å²) in [6.45, 7) is -0.282. The van der Waals surface area contributed by atoms with Crippen molar-refractivity contribution in [3.63, 3.8) is 0 Å². The van der Waals surface area contributed by atoms with Gasteiger partial charge in [-0.1, -0.05) is 35.9 Å². The Kier molecular flexibility index (Phi) is 6.04. The smallest absolute Gasteiger partial charge is 0.332 e. The molecule has 0 unspecified atom stereocenters. The maximum absolute atomic E-state index is 13.3. The zero-order chi connectivity index (χ0) is 22.7. The summed E-state index contributed by atoms with van der Waals surface area (Å²) in [6.07, 6.45) is 1.47. The van der Waals surface area contributed by atoms with Gasteiger partial charge in [0.15, 0.2) is 5.52 Å². The molecule has 8 nitrogen and oxygen atoms in total. The van der Waals surface area contributed by atoms with Crippen LogP contribution in [0.5, 0.6) is 5.75 Å². The number of halogens is 1. The Balaban J connectivity index is 1.75. The highest BCUT2D eigenvalue weighted by Crippen LogP contribution is 2.23. The third-order valence-electron chi connectivity index (χ3n) is 4.92. The van der Waals surface area contributed by atoms with Crippen molar-refractivity contribution in [3.05, 3.63) is 98.3 Å². The number of carbonyl (C=O) groups is 1. The van der Waals surface area contributed by atoms with Crippen LogP contribution in [0.3, 0.4) is 0 Å². The summed E-state index contributed by atoms with van der Waals surface area (Å²) >= 11 is 5.93. The van der Waals surface area contributed by atoms with Gasteiger partial charge in [0.05, 0.1) is 24.9 Å². The fourth-order valence-corrected chi connectivity index (χ4v) is 3.51. The van der Waals surface area contributed by atoms with Gasteiger partial charge in [0.25, 0.3) is 5.56 Å². The lowest BCUT2D eigenvalue weighted by Crippen LogP contribution is -2.42. The van der Waals surface area contributed by atoms with Crippen LogP contribution in [-0.2, 0) is 17.9 Å². The van der Waals surface area contributed by atoms with Crippen molar-refractivity contribution in [2.45, 2.75) is 13.1 Å². The number of para-hydroxylation sites is 2. The number of hydrogen-bond acceptors (Lipinski definition) is 5. The van der Waals surface area contributed by atoms with Gasteiger partial charge in [-0.25, -0.2) is 9.78 Å². The molecule has 1 amide bonds. The van der Waals surface area contributed by atoms with Crippen molar-refractivity contribution in [2.24, 2.45) is 0 Å². The van der Waals surface area contributed by atoms with E-state index in [0.29, 0.717) is 22.0 Å². The summed E-state index contributed by atoms with van der Waals surface area (Å²) in [4.78, 5) is 43.2. The van der Waals surface area contributed by atoms with Crippen molar-refractivity contribution >= 4 is 34.2 Å². The monoisotopic (exact) mass is 450 g/mol. The van der Waals surface area contributed by atoms with Gasteiger partial charge in [-0.2, -0.15) is 0 Å². The van der Waals surface area contributed by atoms with Crippen LogP contribution >= 0.6 is 11.6 Å². The number of rotatable bonds is 6. The predicted molar refractivity (Wildman–Crippen MR) is 122 cm³/mol. The molecular formula is C23H19ClN4O4. The molecule has 32 heavy (non-hydrogen) atoms. The number of methoxy groups -OCH3 is 1. The number of anilines is 1. The molecule has 0 atom stereocenters. The van der Waals surface area contributed by atoms with Crippen LogP contribution in [0.2, 0.25) is 5.02 Å². The average Bonchev–Trinajstić information content (AvgIpc) is 2.81. The Morgan fingerprint density at radius 1 is 1.03 bits per heavy atom. The fourth-order valence-electron chi connectivity index (χ4n) is 3.39. The average molecular weight is 451 g/mol. The SMILES string of the molecule is COc1ccccc1NC(=O)Cn1c(=O)n(Cc2ccc(Cl)cc2)c(=O)c2ncccc21. The van der Waals surface area contributed by atoms with Gasteiger partial charge in [0, 0.05) is 11.2 Å². The molecule has 0 spiro atoms. The van der Waals surface area contributed by atoms with Gasteiger partial charge in [-0.15, -0.1) is 0 Å². The third-order valence-corrected chi connectivity index (χ3v) is 5.18. The minimum atomic E-state index is -0.611.